The number of hydrogen-bond donors (Lipinski definition) is 1. The van der Waals surface area contributed by atoms with Gasteiger partial charge in [0.1, 0.15) is 0 Å². The number of carbonyl (C=O) groups excluding carboxylic acids is 2. The molecule has 0 aliphatic carbocycles. The minimum absolute atomic E-state index is 0.0435. The van der Waals surface area contributed by atoms with Crippen LogP contribution in [0, 0.1) is 5.92 Å². The Morgan fingerprint density at radius 2 is 2.16 bits per heavy atom. The third-order valence-electron chi connectivity index (χ3n) is 5.00. The van der Waals surface area contributed by atoms with Crippen LogP contribution in [-0.4, -0.2) is 76.3 Å². The van der Waals surface area contributed by atoms with Crippen LogP contribution in [-0.2, 0) is 26.0 Å². The van der Waals surface area contributed by atoms with Crippen molar-refractivity contribution < 1.29 is 22.4 Å². The van der Waals surface area contributed by atoms with E-state index in [-0.39, 0.29) is 41.7 Å². The predicted molar refractivity (Wildman–Crippen MR) is 121 cm³/mol. The fourth-order valence-electron chi connectivity index (χ4n) is 3.46. The molecule has 0 spiro atoms. The maximum atomic E-state index is 12.7. The Balaban J connectivity index is 1.59. The summed E-state index contributed by atoms with van der Waals surface area (Å²) in [4.78, 5) is 26.5. The average molecular weight is 484 g/mol. The molecule has 0 aromatic carbocycles. The molecule has 10 nitrogen and oxygen atoms in total. The number of thioether (sulfide) groups is 1. The number of rotatable bonds is 10. The Kier molecular flexibility index (Phi) is 7.99. The summed E-state index contributed by atoms with van der Waals surface area (Å²) >= 11 is 1.26. The third-order valence-corrected chi connectivity index (χ3v) is 7.72. The van der Waals surface area contributed by atoms with Crippen LogP contribution < -0.4 is 5.32 Å². The Morgan fingerprint density at radius 1 is 1.38 bits per heavy atom. The third kappa shape index (κ3) is 6.35. The molecular formula is C20H29N5O5S2. The molecule has 176 valence electrons. The van der Waals surface area contributed by atoms with E-state index in [4.69, 9.17) is 4.42 Å². The monoisotopic (exact) mass is 483 g/mol. The van der Waals surface area contributed by atoms with E-state index in [2.05, 4.69) is 29.4 Å². The lowest BCUT2D eigenvalue weighted by molar-refractivity contribution is -0.134. The van der Waals surface area contributed by atoms with Crippen molar-refractivity contribution in [3.63, 3.8) is 0 Å². The van der Waals surface area contributed by atoms with Crippen molar-refractivity contribution >= 4 is 33.4 Å². The first-order valence-electron chi connectivity index (χ1n) is 10.6. The van der Waals surface area contributed by atoms with E-state index in [1.54, 1.807) is 19.3 Å². The van der Waals surface area contributed by atoms with Gasteiger partial charge in [0, 0.05) is 19.1 Å². The highest BCUT2D eigenvalue weighted by Crippen LogP contribution is 2.25. The number of hydrogen-bond acceptors (Lipinski definition) is 8. The van der Waals surface area contributed by atoms with Crippen LogP contribution in [0.5, 0.6) is 0 Å². The van der Waals surface area contributed by atoms with Crippen molar-refractivity contribution in [3.8, 4) is 11.6 Å². The first-order valence-corrected chi connectivity index (χ1v) is 13.4. The zero-order valence-corrected chi connectivity index (χ0v) is 20.1. The molecule has 1 aliphatic rings. The normalized spacial score (nSPS) is 17.6. The molecular weight excluding hydrogens is 454 g/mol. The molecule has 1 unspecified atom stereocenters. The largest absolute Gasteiger partial charge is 0.461 e. The van der Waals surface area contributed by atoms with Gasteiger partial charge in [-0.3, -0.25) is 14.2 Å². The van der Waals surface area contributed by atoms with Crippen molar-refractivity contribution in [1.82, 2.24) is 25.0 Å². The van der Waals surface area contributed by atoms with Crippen molar-refractivity contribution in [1.29, 1.82) is 0 Å². The van der Waals surface area contributed by atoms with Gasteiger partial charge in [-0.05, 0) is 31.4 Å². The van der Waals surface area contributed by atoms with Gasteiger partial charge in [0.15, 0.2) is 26.6 Å². The molecule has 32 heavy (non-hydrogen) atoms. The summed E-state index contributed by atoms with van der Waals surface area (Å²) in [7, 11) is -3.08. The Morgan fingerprint density at radius 3 is 2.75 bits per heavy atom. The van der Waals surface area contributed by atoms with Gasteiger partial charge < -0.3 is 14.6 Å². The van der Waals surface area contributed by atoms with Crippen LogP contribution in [0.25, 0.3) is 11.6 Å². The Labute approximate surface area is 192 Å². The first-order chi connectivity index (χ1) is 15.2. The first kappa shape index (κ1) is 24.3. The lowest BCUT2D eigenvalue weighted by Crippen LogP contribution is -2.45. The fourth-order valence-corrected chi connectivity index (χ4v) is 5.99. The van der Waals surface area contributed by atoms with E-state index in [0.29, 0.717) is 42.2 Å². The quantitative estimate of drug-likeness (QED) is 0.503. The van der Waals surface area contributed by atoms with E-state index in [1.807, 2.05) is 10.6 Å². The lowest BCUT2D eigenvalue weighted by atomic mass is 10.2. The Bertz CT molecular complexity index is 1030. The van der Waals surface area contributed by atoms with Crippen LogP contribution in [0.15, 0.2) is 28.0 Å². The molecule has 1 fully saturated rings. The number of amides is 2. The number of likely N-dealkylation sites (N-methyl/N-ethyl adjacent to an activating group) is 1. The standard InChI is InChI=1S/C20H29N5O5S2/c1-4-24(11-17(26)21-15-7-9-32(28,29)13-15)18(27)12-31-20-23-22-19(16-6-5-8-30-16)25(20)10-14(2)3/h5-6,8,14-15H,4,7,9-13H2,1-3H3,(H,21,26). The Hall–Kier alpha value is -2.34. The zero-order chi connectivity index (χ0) is 23.3. The number of aromatic nitrogens is 3. The fraction of sp³-hybridized carbons (Fsp3) is 0.600. The highest BCUT2D eigenvalue weighted by molar-refractivity contribution is 7.99. The summed E-state index contributed by atoms with van der Waals surface area (Å²) in [6, 6.07) is 3.21. The molecule has 2 aromatic heterocycles. The number of furan rings is 1. The molecule has 12 heteroatoms. The molecule has 1 atom stereocenters. The van der Waals surface area contributed by atoms with Gasteiger partial charge in [-0.25, -0.2) is 8.42 Å². The molecule has 1 aliphatic heterocycles. The smallest absolute Gasteiger partial charge is 0.239 e. The number of nitrogens with zero attached hydrogens (tertiary/aromatic N) is 4. The molecule has 3 rings (SSSR count). The highest BCUT2D eigenvalue weighted by Gasteiger charge is 2.29. The summed E-state index contributed by atoms with van der Waals surface area (Å²) in [5.41, 5.74) is 0. The molecule has 1 saturated heterocycles. The topological polar surface area (TPSA) is 127 Å². The molecule has 0 radical (unpaired) electrons. The molecule has 2 aromatic rings. The molecule has 2 amide bonds. The lowest BCUT2D eigenvalue weighted by Gasteiger charge is -2.21. The van der Waals surface area contributed by atoms with Crippen LogP contribution in [0.3, 0.4) is 0 Å². The molecule has 0 bridgehead atoms. The molecule has 1 N–H and O–H groups in total. The van der Waals surface area contributed by atoms with Crippen LogP contribution in [0.4, 0.5) is 0 Å². The van der Waals surface area contributed by atoms with E-state index >= 15 is 0 Å². The number of nitrogens with one attached hydrogen (secondary N) is 1. The van der Waals surface area contributed by atoms with E-state index in [0.717, 1.165) is 0 Å². The summed E-state index contributed by atoms with van der Waals surface area (Å²) in [6.07, 6.45) is 1.98. The zero-order valence-electron chi connectivity index (χ0n) is 18.5. The number of sulfone groups is 1. The van der Waals surface area contributed by atoms with Gasteiger partial charge in [0.25, 0.3) is 0 Å². The van der Waals surface area contributed by atoms with E-state index in [9.17, 15) is 18.0 Å². The van der Waals surface area contributed by atoms with Crippen molar-refractivity contribution in [2.24, 2.45) is 5.92 Å². The van der Waals surface area contributed by atoms with Crippen LogP contribution >= 0.6 is 11.8 Å². The van der Waals surface area contributed by atoms with Crippen molar-refractivity contribution in [2.45, 2.75) is 44.9 Å². The van der Waals surface area contributed by atoms with Gasteiger partial charge in [-0.1, -0.05) is 25.6 Å². The molecule has 0 saturated carbocycles. The highest BCUT2D eigenvalue weighted by atomic mass is 32.2. The second-order valence-electron chi connectivity index (χ2n) is 8.15. The van der Waals surface area contributed by atoms with Gasteiger partial charge in [-0.15, -0.1) is 10.2 Å². The summed E-state index contributed by atoms with van der Waals surface area (Å²) in [6.45, 7) is 6.89. The molecule has 3 heterocycles. The summed E-state index contributed by atoms with van der Waals surface area (Å²) in [5.74, 6) is 1.15. The minimum Gasteiger partial charge on any atom is -0.461 e. The predicted octanol–water partition coefficient (Wildman–Crippen LogP) is 1.44. The van der Waals surface area contributed by atoms with Crippen molar-refractivity contribution in [2.75, 3.05) is 30.3 Å². The van der Waals surface area contributed by atoms with Gasteiger partial charge in [0.05, 0.1) is 30.1 Å². The number of carbonyl (C=O) groups is 2. The minimum atomic E-state index is -3.08. The summed E-state index contributed by atoms with van der Waals surface area (Å²) < 4.78 is 30.5. The average Bonchev–Trinajstić information content (AvgIpc) is 3.44. The second-order valence-corrected chi connectivity index (χ2v) is 11.3. The SMILES string of the molecule is CCN(CC(=O)NC1CCS(=O)(=O)C1)C(=O)CSc1nnc(-c2ccco2)n1CC(C)C. The van der Waals surface area contributed by atoms with Crippen molar-refractivity contribution in [3.05, 3.63) is 18.4 Å². The van der Waals surface area contributed by atoms with Crippen LogP contribution in [0.2, 0.25) is 0 Å². The second kappa shape index (κ2) is 10.5. The maximum absolute atomic E-state index is 12.7. The maximum Gasteiger partial charge on any atom is 0.239 e. The van der Waals surface area contributed by atoms with E-state index in [1.165, 1.54) is 16.7 Å². The van der Waals surface area contributed by atoms with Gasteiger partial charge in [-0.2, -0.15) is 0 Å². The summed E-state index contributed by atoms with van der Waals surface area (Å²) in [5, 5.41) is 11.8. The van der Waals surface area contributed by atoms with Gasteiger partial charge in [0.2, 0.25) is 11.8 Å². The van der Waals surface area contributed by atoms with E-state index < -0.39 is 9.84 Å². The van der Waals surface area contributed by atoms with Gasteiger partial charge >= 0.3 is 0 Å². The van der Waals surface area contributed by atoms with Crippen LogP contribution in [0.1, 0.15) is 27.2 Å².